The Morgan fingerprint density at radius 3 is 2.02 bits per heavy atom. The Labute approximate surface area is 303 Å². The third-order valence-corrected chi connectivity index (χ3v) is 11.1. The molecule has 5 aromatic rings. The molecule has 0 bridgehead atoms. The number of allylic oxidation sites excluding steroid dienone is 1. The van der Waals surface area contributed by atoms with Gasteiger partial charge < -0.3 is 14.0 Å². The van der Waals surface area contributed by atoms with Crippen molar-refractivity contribution in [1.29, 1.82) is 0 Å². The molecule has 10 heteroatoms. The standard InChI is InChI=1S/C37H29Cl4N2O2S2/c1-42-29(14-18-35(42)46-33-16-12-25(38)22-27(33)40)37(24-8-4-3-5-9-24)30-15-19-36(47-34-17-13-26(39)23-28(34)41)43(30)20-21-45-32-11-7-6-10-31(32)44-2/h3-19,22-23H,20-21H2,1-2H3/q+1. The Bertz CT molecular complexity index is 2020. The van der Waals surface area contributed by atoms with Crippen molar-refractivity contribution in [2.75, 3.05) is 20.8 Å². The van der Waals surface area contributed by atoms with Crippen LogP contribution in [0.15, 0.2) is 136 Å². The fourth-order valence-electron chi connectivity index (χ4n) is 5.19. The number of hydrogen-bond donors (Lipinski definition) is 0. The first-order chi connectivity index (χ1) is 22.8. The second-order valence-corrected chi connectivity index (χ2v) is 14.2. The molecule has 1 aliphatic heterocycles. The SMILES string of the molecule is COc1ccccc1OCCn1c(Sc2ccc(Cl)cc2Cl)ccc1C(=C1C=CC(Sc2ccc(Cl)cc2Cl)=[N+]1C)c1ccccc1. The molecule has 1 aromatic heterocycles. The largest absolute Gasteiger partial charge is 0.493 e. The minimum atomic E-state index is 0.412. The smallest absolute Gasteiger partial charge is 0.245 e. The molecule has 47 heavy (non-hydrogen) atoms. The van der Waals surface area contributed by atoms with Crippen LogP contribution in [0.2, 0.25) is 20.1 Å². The predicted molar refractivity (Wildman–Crippen MR) is 199 cm³/mol. The zero-order valence-electron chi connectivity index (χ0n) is 25.4. The van der Waals surface area contributed by atoms with Gasteiger partial charge in [0.15, 0.2) is 11.5 Å². The van der Waals surface area contributed by atoms with E-state index in [2.05, 4.69) is 64.7 Å². The van der Waals surface area contributed by atoms with Gasteiger partial charge in [-0.05, 0) is 78.0 Å². The normalized spacial score (nSPS) is 13.7. The third-order valence-electron chi connectivity index (χ3n) is 7.45. The van der Waals surface area contributed by atoms with E-state index in [9.17, 15) is 0 Å². The second-order valence-electron chi connectivity index (χ2n) is 10.4. The molecule has 0 unspecified atom stereocenters. The second kappa shape index (κ2) is 15.3. The van der Waals surface area contributed by atoms with Crippen LogP contribution in [0.1, 0.15) is 11.3 Å². The summed E-state index contributed by atoms with van der Waals surface area (Å²) in [7, 11) is 3.72. The number of nitrogens with zero attached hydrogens (tertiary/aromatic N) is 2. The van der Waals surface area contributed by atoms with Gasteiger partial charge in [0, 0.05) is 32.0 Å². The molecule has 0 fully saturated rings. The highest BCUT2D eigenvalue weighted by molar-refractivity contribution is 8.14. The fraction of sp³-hybridized carbons (Fsp3) is 0.108. The van der Waals surface area contributed by atoms with Gasteiger partial charge in [0.25, 0.3) is 0 Å². The van der Waals surface area contributed by atoms with E-state index in [1.54, 1.807) is 42.8 Å². The first-order valence-electron chi connectivity index (χ1n) is 14.6. The van der Waals surface area contributed by atoms with Crippen LogP contribution < -0.4 is 9.47 Å². The monoisotopic (exact) mass is 737 g/mol. The van der Waals surface area contributed by atoms with Crippen molar-refractivity contribution < 1.29 is 14.0 Å². The number of thioether (sulfide) groups is 1. The van der Waals surface area contributed by atoms with Crippen molar-refractivity contribution >= 4 is 80.5 Å². The van der Waals surface area contributed by atoms with E-state index in [0.717, 1.165) is 42.4 Å². The maximum absolute atomic E-state index is 6.64. The number of hydrogen-bond acceptors (Lipinski definition) is 4. The van der Waals surface area contributed by atoms with Gasteiger partial charge in [-0.1, -0.05) is 101 Å². The van der Waals surface area contributed by atoms with Crippen LogP contribution in [-0.2, 0) is 6.54 Å². The van der Waals surface area contributed by atoms with E-state index < -0.39 is 0 Å². The topological polar surface area (TPSA) is 26.4 Å². The quantitative estimate of drug-likeness (QED) is 0.133. The zero-order valence-corrected chi connectivity index (χ0v) is 30.1. The van der Waals surface area contributed by atoms with Gasteiger partial charge in [-0.15, -0.1) is 0 Å². The Kier molecular flexibility index (Phi) is 11.0. The average molecular weight is 740 g/mol. The van der Waals surface area contributed by atoms with Gasteiger partial charge in [0.2, 0.25) is 10.7 Å². The van der Waals surface area contributed by atoms with Crippen LogP contribution in [0.3, 0.4) is 0 Å². The first kappa shape index (κ1) is 33.7. The van der Waals surface area contributed by atoms with Gasteiger partial charge >= 0.3 is 0 Å². The third kappa shape index (κ3) is 7.75. The van der Waals surface area contributed by atoms with E-state index in [4.69, 9.17) is 55.9 Å². The zero-order chi connectivity index (χ0) is 32.9. The first-order valence-corrected chi connectivity index (χ1v) is 17.8. The summed E-state index contributed by atoms with van der Waals surface area (Å²) < 4.78 is 16.3. The summed E-state index contributed by atoms with van der Waals surface area (Å²) in [5.41, 5.74) is 4.25. The lowest BCUT2D eigenvalue weighted by Crippen LogP contribution is -2.14. The lowest BCUT2D eigenvalue weighted by Gasteiger charge is -2.17. The number of ether oxygens (including phenoxy) is 2. The number of aromatic nitrogens is 1. The molecule has 0 saturated carbocycles. The van der Waals surface area contributed by atoms with E-state index in [-0.39, 0.29) is 0 Å². The van der Waals surface area contributed by atoms with Crippen LogP contribution in [0.4, 0.5) is 0 Å². The predicted octanol–water partition coefficient (Wildman–Crippen LogP) is 11.5. The highest BCUT2D eigenvalue weighted by Gasteiger charge is 2.28. The van der Waals surface area contributed by atoms with E-state index in [1.165, 1.54) is 0 Å². The van der Waals surface area contributed by atoms with Gasteiger partial charge in [0.05, 0.1) is 40.0 Å². The van der Waals surface area contributed by atoms with Crippen molar-refractivity contribution in [3.63, 3.8) is 0 Å². The van der Waals surface area contributed by atoms with Crippen LogP contribution in [0, 0.1) is 0 Å². The molecule has 4 aromatic carbocycles. The maximum atomic E-state index is 6.64. The molecule has 238 valence electrons. The van der Waals surface area contributed by atoms with Crippen molar-refractivity contribution in [3.05, 3.63) is 152 Å². The van der Waals surface area contributed by atoms with Crippen molar-refractivity contribution in [3.8, 4) is 11.5 Å². The molecule has 0 radical (unpaired) electrons. The summed E-state index contributed by atoms with van der Waals surface area (Å²) in [4.78, 5) is 1.84. The van der Waals surface area contributed by atoms with Gasteiger partial charge in [-0.25, -0.2) is 0 Å². The highest BCUT2D eigenvalue weighted by Crippen LogP contribution is 2.40. The number of halogens is 4. The van der Waals surface area contributed by atoms with Crippen LogP contribution in [-0.4, -0.2) is 35.0 Å². The molecular formula is C37H29Cl4N2O2S2+. The lowest BCUT2D eigenvalue weighted by molar-refractivity contribution is -0.430. The number of likely N-dealkylation sites (N-methyl/N-ethyl adjacent to an activating group) is 1. The molecular weight excluding hydrogens is 710 g/mol. The van der Waals surface area contributed by atoms with Crippen molar-refractivity contribution in [2.24, 2.45) is 0 Å². The van der Waals surface area contributed by atoms with E-state index >= 15 is 0 Å². The van der Waals surface area contributed by atoms with E-state index in [0.29, 0.717) is 44.7 Å². The van der Waals surface area contributed by atoms with Crippen LogP contribution in [0.5, 0.6) is 11.5 Å². The lowest BCUT2D eigenvalue weighted by atomic mass is 10.00. The minimum absolute atomic E-state index is 0.412. The molecule has 1 aliphatic rings. The van der Waals surface area contributed by atoms with Gasteiger partial charge in [-0.3, -0.25) is 0 Å². The molecule has 0 N–H and O–H groups in total. The molecule has 4 nitrogen and oxygen atoms in total. The Balaban J connectivity index is 1.44. The average Bonchev–Trinajstić information content (AvgIpc) is 3.63. The number of para-hydroxylation sites is 2. The molecule has 0 saturated heterocycles. The fourth-order valence-corrected chi connectivity index (χ4v) is 8.08. The molecule has 0 atom stereocenters. The number of rotatable bonds is 10. The molecule has 2 heterocycles. The maximum Gasteiger partial charge on any atom is 0.245 e. The number of benzene rings is 4. The summed E-state index contributed by atoms with van der Waals surface area (Å²) >= 11 is 28.8. The van der Waals surface area contributed by atoms with Crippen LogP contribution >= 0.6 is 69.9 Å². The molecule has 0 spiro atoms. The minimum Gasteiger partial charge on any atom is -0.493 e. The number of methoxy groups -OCH3 is 1. The summed E-state index contributed by atoms with van der Waals surface area (Å²) in [6.07, 6.45) is 4.27. The Morgan fingerprint density at radius 2 is 1.36 bits per heavy atom. The van der Waals surface area contributed by atoms with Crippen molar-refractivity contribution in [1.82, 2.24) is 4.57 Å². The molecule has 0 aliphatic carbocycles. The van der Waals surface area contributed by atoms with Gasteiger partial charge in [0.1, 0.15) is 13.7 Å². The Hall–Kier alpha value is -3.23. The molecule has 6 rings (SSSR count). The van der Waals surface area contributed by atoms with E-state index in [1.807, 2.05) is 54.6 Å². The summed E-state index contributed by atoms with van der Waals surface area (Å²) in [5, 5.41) is 4.47. The van der Waals surface area contributed by atoms with Gasteiger partial charge in [-0.2, -0.15) is 4.58 Å². The highest BCUT2D eigenvalue weighted by atomic mass is 35.5. The molecule has 0 amide bonds. The van der Waals surface area contributed by atoms with Crippen LogP contribution in [0.25, 0.3) is 5.57 Å². The summed E-state index contributed by atoms with van der Waals surface area (Å²) in [5.74, 6) is 1.38. The Morgan fingerprint density at radius 1 is 0.723 bits per heavy atom. The van der Waals surface area contributed by atoms with Crippen molar-refractivity contribution in [2.45, 2.75) is 21.4 Å². The summed E-state index contributed by atoms with van der Waals surface area (Å²) in [6.45, 7) is 0.978. The summed E-state index contributed by atoms with van der Waals surface area (Å²) in [6, 6.07) is 33.5.